The highest BCUT2D eigenvalue weighted by atomic mass is 32.1. The molecule has 0 radical (unpaired) electrons. The third-order valence-electron chi connectivity index (χ3n) is 1.83. The Morgan fingerprint density at radius 3 is 2.31 bits per heavy atom. The van der Waals surface area contributed by atoms with Gasteiger partial charge in [-0.15, -0.1) is 10.2 Å². The highest BCUT2D eigenvalue weighted by molar-refractivity contribution is 7.11. The van der Waals surface area contributed by atoms with Gasteiger partial charge in [0.15, 0.2) is 0 Å². The van der Waals surface area contributed by atoms with Crippen molar-refractivity contribution in [2.45, 2.75) is 39.7 Å². The summed E-state index contributed by atoms with van der Waals surface area (Å²) in [6.07, 6.45) is 0. The van der Waals surface area contributed by atoms with Crippen LogP contribution >= 0.6 is 11.3 Å². The second-order valence-electron chi connectivity index (χ2n) is 3.41. The smallest absolute Gasteiger partial charge is 0.134 e. The molecule has 4 heteroatoms. The molecule has 3 nitrogen and oxygen atoms in total. The average Bonchev–Trinajstić information content (AvgIpc) is 2.52. The van der Waals surface area contributed by atoms with Gasteiger partial charge in [0.1, 0.15) is 10.0 Å². The molecule has 0 aromatic carbocycles. The van der Waals surface area contributed by atoms with E-state index < -0.39 is 0 Å². The van der Waals surface area contributed by atoms with Crippen molar-refractivity contribution in [3.05, 3.63) is 10.0 Å². The molecular formula is C9H17N3S. The van der Waals surface area contributed by atoms with Gasteiger partial charge in [0.05, 0.1) is 6.04 Å². The standard InChI is InChI=1S/C9H17N3S/c1-5-10-7(4)9-12-11-8(13-9)6(2)3/h6-7,10H,5H2,1-4H3. The maximum absolute atomic E-state index is 4.16. The molecule has 1 aromatic heterocycles. The lowest BCUT2D eigenvalue weighted by atomic mass is 10.2. The monoisotopic (exact) mass is 199 g/mol. The van der Waals surface area contributed by atoms with E-state index in [1.165, 1.54) is 0 Å². The second-order valence-corrected chi connectivity index (χ2v) is 4.45. The molecule has 1 atom stereocenters. The van der Waals surface area contributed by atoms with Gasteiger partial charge in [0.2, 0.25) is 0 Å². The first-order chi connectivity index (χ1) is 6.15. The lowest BCUT2D eigenvalue weighted by Gasteiger charge is -2.06. The van der Waals surface area contributed by atoms with E-state index in [4.69, 9.17) is 0 Å². The van der Waals surface area contributed by atoms with Gasteiger partial charge in [-0.1, -0.05) is 32.1 Å². The summed E-state index contributed by atoms with van der Waals surface area (Å²) in [7, 11) is 0. The Labute approximate surface area is 83.6 Å². The second kappa shape index (κ2) is 4.67. The Morgan fingerprint density at radius 2 is 1.85 bits per heavy atom. The third kappa shape index (κ3) is 2.74. The molecule has 1 rings (SSSR count). The number of aromatic nitrogens is 2. The molecule has 1 N–H and O–H groups in total. The summed E-state index contributed by atoms with van der Waals surface area (Å²) < 4.78 is 0. The highest BCUT2D eigenvalue weighted by Crippen LogP contribution is 2.22. The normalized spacial score (nSPS) is 13.6. The zero-order valence-electron chi connectivity index (χ0n) is 8.66. The minimum atomic E-state index is 0.329. The van der Waals surface area contributed by atoms with Gasteiger partial charge in [-0.2, -0.15) is 0 Å². The number of hydrogen-bond acceptors (Lipinski definition) is 4. The molecule has 0 aliphatic carbocycles. The van der Waals surface area contributed by atoms with E-state index in [-0.39, 0.29) is 0 Å². The van der Waals surface area contributed by atoms with Crippen LogP contribution in [0.1, 0.15) is 49.7 Å². The minimum absolute atomic E-state index is 0.329. The molecule has 0 aliphatic rings. The number of nitrogens with one attached hydrogen (secondary N) is 1. The molecule has 1 unspecified atom stereocenters. The SMILES string of the molecule is CCNC(C)c1nnc(C(C)C)s1. The molecule has 0 fully saturated rings. The largest absolute Gasteiger partial charge is 0.308 e. The molecule has 0 saturated carbocycles. The van der Waals surface area contributed by atoms with Gasteiger partial charge in [0, 0.05) is 5.92 Å². The first-order valence-corrected chi connectivity index (χ1v) is 5.53. The van der Waals surface area contributed by atoms with E-state index >= 15 is 0 Å². The summed E-state index contributed by atoms with van der Waals surface area (Å²) in [5.41, 5.74) is 0. The van der Waals surface area contributed by atoms with Crippen LogP contribution in [-0.4, -0.2) is 16.7 Å². The Balaban J connectivity index is 2.67. The van der Waals surface area contributed by atoms with Crippen LogP contribution in [0, 0.1) is 0 Å². The maximum atomic E-state index is 4.16. The molecule has 0 bridgehead atoms. The van der Waals surface area contributed by atoms with E-state index in [2.05, 4.69) is 43.2 Å². The predicted molar refractivity (Wildman–Crippen MR) is 56.1 cm³/mol. The molecule has 0 aliphatic heterocycles. The molecule has 0 amide bonds. The van der Waals surface area contributed by atoms with Crippen LogP contribution in [0.25, 0.3) is 0 Å². The Kier molecular flexibility index (Phi) is 3.81. The molecule has 13 heavy (non-hydrogen) atoms. The van der Waals surface area contributed by atoms with E-state index in [0.29, 0.717) is 12.0 Å². The maximum Gasteiger partial charge on any atom is 0.134 e. The van der Waals surface area contributed by atoms with E-state index in [1.54, 1.807) is 11.3 Å². The first-order valence-electron chi connectivity index (χ1n) is 4.71. The van der Waals surface area contributed by atoms with Crippen molar-refractivity contribution >= 4 is 11.3 Å². The summed E-state index contributed by atoms with van der Waals surface area (Å²) in [5.74, 6) is 0.486. The van der Waals surface area contributed by atoms with Gasteiger partial charge >= 0.3 is 0 Å². The average molecular weight is 199 g/mol. The Hall–Kier alpha value is -0.480. The van der Waals surface area contributed by atoms with E-state index in [9.17, 15) is 0 Å². The molecule has 74 valence electrons. The molecule has 0 spiro atoms. The fourth-order valence-corrected chi connectivity index (χ4v) is 1.92. The van der Waals surface area contributed by atoms with Crippen molar-refractivity contribution in [3.63, 3.8) is 0 Å². The van der Waals surface area contributed by atoms with E-state index in [0.717, 1.165) is 16.6 Å². The van der Waals surface area contributed by atoms with Crippen molar-refractivity contribution in [3.8, 4) is 0 Å². The van der Waals surface area contributed by atoms with Crippen molar-refractivity contribution in [2.75, 3.05) is 6.54 Å². The van der Waals surface area contributed by atoms with Gasteiger partial charge in [-0.25, -0.2) is 0 Å². The fourth-order valence-electron chi connectivity index (χ4n) is 1.05. The van der Waals surface area contributed by atoms with Crippen LogP contribution < -0.4 is 5.32 Å². The van der Waals surface area contributed by atoms with Crippen molar-refractivity contribution < 1.29 is 0 Å². The first kappa shape index (κ1) is 10.6. The fraction of sp³-hybridized carbons (Fsp3) is 0.778. The number of nitrogens with zero attached hydrogens (tertiary/aromatic N) is 2. The number of hydrogen-bond donors (Lipinski definition) is 1. The van der Waals surface area contributed by atoms with Gasteiger partial charge < -0.3 is 5.32 Å². The van der Waals surface area contributed by atoms with Gasteiger partial charge in [-0.05, 0) is 13.5 Å². The minimum Gasteiger partial charge on any atom is -0.308 e. The zero-order valence-corrected chi connectivity index (χ0v) is 9.48. The van der Waals surface area contributed by atoms with Crippen molar-refractivity contribution in [2.24, 2.45) is 0 Å². The third-order valence-corrected chi connectivity index (χ3v) is 3.24. The Bertz CT molecular complexity index is 257. The van der Waals surface area contributed by atoms with Crippen LogP contribution in [0.5, 0.6) is 0 Å². The van der Waals surface area contributed by atoms with Crippen molar-refractivity contribution in [1.82, 2.24) is 15.5 Å². The van der Waals surface area contributed by atoms with Crippen molar-refractivity contribution in [1.29, 1.82) is 0 Å². The zero-order chi connectivity index (χ0) is 9.84. The highest BCUT2D eigenvalue weighted by Gasteiger charge is 2.12. The predicted octanol–water partition coefficient (Wildman–Crippen LogP) is 2.33. The van der Waals surface area contributed by atoms with Crippen LogP contribution in [0.4, 0.5) is 0 Å². The van der Waals surface area contributed by atoms with Gasteiger partial charge in [0.25, 0.3) is 0 Å². The quantitative estimate of drug-likeness (QED) is 0.808. The lowest BCUT2D eigenvalue weighted by molar-refractivity contribution is 0.589. The molecule has 1 aromatic rings. The summed E-state index contributed by atoms with van der Waals surface area (Å²) in [6, 6.07) is 0.329. The molecular weight excluding hydrogens is 182 g/mol. The van der Waals surface area contributed by atoms with Crippen LogP contribution in [-0.2, 0) is 0 Å². The molecule has 0 saturated heterocycles. The number of rotatable bonds is 4. The lowest BCUT2D eigenvalue weighted by Crippen LogP contribution is -2.17. The van der Waals surface area contributed by atoms with Gasteiger partial charge in [-0.3, -0.25) is 0 Å². The summed E-state index contributed by atoms with van der Waals surface area (Å²) >= 11 is 1.70. The van der Waals surface area contributed by atoms with Crippen LogP contribution in [0.2, 0.25) is 0 Å². The van der Waals surface area contributed by atoms with Crippen LogP contribution in [0.3, 0.4) is 0 Å². The Morgan fingerprint density at radius 1 is 1.23 bits per heavy atom. The summed E-state index contributed by atoms with van der Waals surface area (Å²) in [6.45, 7) is 9.47. The van der Waals surface area contributed by atoms with E-state index in [1.807, 2.05) is 0 Å². The summed E-state index contributed by atoms with van der Waals surface area (Å²) in [4.78, 5) is 0. The molecule has 1 heterocycles. The topological polar surface area (TPSA) is 37.8 Å². The van der Waals surface area contributed by atoms with Crippen LogP contribution in [0.15, 0.2) is 0 Å². The summed E-state index contributed by atoms with van der Waals surface area (Å²) in [5, 5.41) is 13.8.